The molecule has 0 aliphatic carbocycles. The average Bonchev–Trinajstić information content (AvgIpc) is 3.48. The molecular weight excluding hydrogens is 446 g/mol. The van der Waals surface area contributed by atoms with E-state index in [4.69, 9.17) is 14.2 Å². The van der Waals surface area contributed by atoms with Gasteiger partial charge in [-0.25, -0.2) is 4.98 Å². The van der Waals surface area contributed by atoms with Gasteiger partial charge >= 0.3 is 0 Å². The highest BCUT2D eigenvalue weighted by Gasteiger charge is 2.27. The number of thiophene rings is 1. The number of nitrogens with zero attached hydrogens (tertiary/aromatic N) is 3. The van der Waals surface area contributed by atoms with Crippen molar-refractivity contribution in [1.82, 2.24) is 14.8 Å². The first-order chi connectivity index (χ1) is 15.5. The van der Waals surface area contributed by atoms with Crippen LogP contribution in [0, 0.1) is 6.92 Å². The van der Waals surface area contributed by atoms with Gasteiger partial charge in [-0.2, -0.15) is 11.3 Å². The average molecular weight is 474 g/mol. The van der Waals surface area contributed by atoms with Crippen molar-refractivity contribution in [2.24, 2.45) is 0 Å². The van der Waals surface area contributed by atoms with Crippen molar-refractivity contribution < 1.29 is 19.0 Å². The number of carbonyl (C=O) groups is 1. The molecule has 1 amide bonds. The predicted molar refractivity (Wildman–Crippen MR) is 127 cm³/mol. The Hall–Kier alpha value is -2.62. The number of piperazine rings is 1. The first-order valence-corrected chi connectivity index (χ1v) is 12.1. The molecule has 0 spiro atoms. The summed E-state index contributed by atoms with van der Waals surface area (Å²) in [5.74, 6) is 2.00. The summed E-state index contributed by atoms with van der Waals surface area (Å²) in [4.78, 5) is 22.8. The molecule has 0 saturated carbocycles. The maximum Gasteiger partial charge on any atom is 0.265 e. The van der Waals surface area contributed by atoms with Crippen molar-refractivity contribution in [3.8, 4) is 27.8 Å². The number of rotatable bonds is 7. The molecule has 0 bridgehead atoms. The summed E-state index contributed by atoms with van der Waals surface area (Å²) in [6.07, 6.45) is 0. The van der Waals surface area contributed by atoms with Crippen LogP contribution in [-0.2, 0) is 6.54 Å². The molecule has 0 radical (unpaired) electrons. The molecule has 4 rings (SSSR count). The van der Waals surface area contributed by atoms with Crippen molar-refractivity contribution in [2.75, 3.05) is 47.5 Å². The van der Waals surface area contributed by atoms with E-state index >= 15 is 0 Å². The number of methoxy groups -OCH3 is 3. The zero-order valence-corrected chi connectivity index (χ0v) is 20.3. The van der Waals surface area contributed by atoms with E-state index < -0.39 is 0 Å². The molecule has 1 aliphatic rings. The van der Waals surface area contributed by atoms with Crippen LogP contribution in [0.1, 0.15) is 20.9 Å². The zero-order valence-electron chi connectivity index (χ0n) is 18.7. The summed E-state index contributed by atoms with van der Waals surface area (Å²) in [7, 11) is 4.86. The largest absolute Gasteiger partial charge is 0.493 e. The third-order valence-corrected chi connectivity index (χ3v) is 7.48. The standard InChI is InChI=1S/C23H27N3O4S2/c1-15-21(32-22(24-15)17-7-12-31-14-17)23(27)26-10-8-25(9-11-26)13-16-5-6-18(28-2)20(30-4)19(16)29-3/h5-7,12,14H,8-11,13H2,1-4H3. The summed E-state index contributed by atoms with van der Waals surface area (Å²) in [5.41, 5.74) is 2.91. The van der Waals surface area contributed by atoms with Crippen LogP contribution in [0.5, 0.6) is 17.2 Å². The van der Waals surface area contributed by atoms with Crippen LogP contribution in [0.2, 0.25) is 0 Å². The molecule has 3 heterocycles. The second kappa shape index (κ2) is 9.89. The van der Waals surface area contributed by atoms with E-state index in [0.29, 0.717) is 36.9 Å². The van der Waals surface area contributed by atoms with E-state index in [9.17, 15) is 4.79 Å². The van der Waals surface area contributed by atoms with Crippen LogP contribution in [0.3, 0.4) is 0 Å². The molecular formula is C23H27N3O4S2. The van der Waals surface area contributed by atoms with Crippen molar-refractivity contribution in [1.29, 1.82) is 0 Å². The van der Waals surface area contributed by atoms with Gasteiger partial charge < -0.3 is 19.1 Å². The summed E-state index contributed by atoms with van der Waals surface area (Å²) in [5, 5.41) is 5.00. The molecule has 0 N–H and O–H groups in total. The van der Waals surface area contributed by atoms with Gasteiger partial charge in [-0.1, -0.05) is 6.07 Å². The van der Waals surface area contributed by atoms with E-state index in [-0.39, 0.29) is 5.91 Å². The first-order valence-electron chi connectivity index (χ1n) is 10.3. The summed E-state index contributed by atoms with van der Waals surface area (Å²) in [6.45, 7) is 5.57. The van der Waals surface area contributed by atoms with Crippen molar-refractivity contribution in [3.63, 3.8) is 0 Å². The Labute approximate surface area is 196 Å². The Kier molecular flexibility index (Phi) is 6.98. The lowest BCUT2D eigenvalue weighted by Gasteiger charge is -2.35. The number of amides is 1. The van der Waals surface area contributed by atoms with Gasteiger partial charge in [0.2, 0.25) is 5.75 Å². The molecule has 2 aromatic heterocycles. The minimum Gasteiger partial charge on any atom is -0.493 e. The van der Waals surface area contributed by atoms with Gasteiger partial charge in [0.1, 0.15) is 9.88 Å². The number of ether oxygens (including phenoxy) is 3. The number of hydrogen-bond donors (Lipinski definition) is 0. The molecule has 0 atom stereocenters. The normalized spacial score (nSPS) is 14.4. The third-order valence-electron chi connectivity index (χ3n) is 5.60. The highest BCUT2D eigenvalue weighted by molar-refractivity contribution is 7.17. The third kappa shape index (κ3) is 4.46. The highest BCUT2D eigenvalue weighted by Crippen LogP contribution is 2.40. The molecule has 1 saturated heterocycles. The van der Waals surface area contributed by atoms with E-state index in [1.807, 2.05) is 35.4 Å². The summed E-state index contributed by atoms with van der Waals surface area (Å²) < 4.78 is 16.5. The second-order valence-electron chi connectivity index (χ2n) is 7.51. The van der Waals surface area contributed by atoms with Gasteiger partial charge in [0.25, 0.3) is 5.91 Å². The lowest BCUT2D eigenvalue weighted by Crippen LogP contribution is -2.48. The molecule has 32 heavy (non-hydrogen) atoms. The molecule has 3 aromatic rings. The second-order valence-corrected chi connectivity index (χ2v) is 9.29. The topological polar surface area (TPSA) is 64.1 Å². The van der Waals surface area contributed by atoms with Crippen LogP contribution >= 0.6 is 22.7 Å². The van der Waals surface area contributed by atoms with E-state index in [1.165, 1.54) is 11.3 Å². The molecule has 1 fully saturated rings. The van der Waals surface area contributed by atoms with Crippen LogP contribution in [0.4, 0.5) is 0 Å². The van der Waals surface area contributed by atoms with Gasteiger partial charge in [0.15, 0.2) is 11.5 Å². The monoisotopic (exact) mass is 473 g/mol. The van der Waals surface area contributed by atoms with Crippen LogP contribution < -0.4 is 14.2 Å². The fourth-order valence-electron chi connectivity index (χ4n) is 3.89. The lowest BCUT2D eigenvalue weighted by molar-refractivity contribution is 0.0631. The van der Waals surface area contributed by atoms with E-state index in [1.54, 1.807) is 32.7 Å². The Morgan fingerprint density at radius 2 is 1.78 bits per heavy atom. The van der Waals surface area contributed by atoms with Crippen molar-refractivity contribution >= 4 is 28.6 Å². The zero-order chi connectivity index (χ0) is 22.7. The van der Waals surface area contributed by atoms with Crippen LogP contribution in [-0.4, -0.2) is 68.2 Å². The summed E-state index contributed by atoms with van der Waals surface area (Å²) in [6, 6.07) is 5.94. The lowest BCUT2D eigenvalue weighted by atomic mass is 10.1. The Morgan fingerprint density at radius 3 is 2.41 bits per heavy atom. The highest BCUT2D eigenvalue weighted by atomic mass is 32.1. The Balaban J connectivity index is 1.41. The smallest absolute Gasteiger partial charge is 0.265 e. The van der Waals surface area contributed by atoms with Crippen LogP contribution in [0.25, 0.3) is 10.6 Å². The molecule has 9 heteroatoms. The fraction of sp³-hybridized carbons (Fsp3) is 0.391. The van der Waals surface area contributed by atoms with Gasteiger partial charge in [-0.15, -0.1) is 11.3 Å². The quantitative estimate of drug-likeness (QED) is 0.513. The number of carbonyl (C=O) groups excluding carboxylic acids is 1. The Bertz CT molecular complexity index is 1070. The van der Waals surface area contributed by atoms with Crippen molar-refractivity contribution in [3.05, 3.63) is 45.1 Å². The molecule has 0 unspecified atom stereocenters. The maximum atomic E-state index is 13.2. The van der Waals surface area contributed by atoms with Crippen molar-refractivity contribution in [2.45, 2.75) is 13.5 Å². The van der Waals surface area contributed by atoms with Gasteiger partial charge in [0.05, 0.1) is 27.0 Å². The van der Waals surface area contributed by atoms with Gasteiger partial charge in [0, 0.05) is 49.2 Å². The molecule has 170 valence electrons. The van der Waals surface area contributed by atoms with Crippen LogP contribution in [0.15, 0.2) is 29.0 Å². The molecule has 1 aromatic carbocycles. The SMILES string of the molecule is COc1ccc(CN2CCN(C(=O)c3sc(-c4ccsc4)nc3C)CC2)c(OC)c1OC. The summed E-state index contributed by atoms with van der Waals surface area (Å²) >= 11 is 3.12. The maximum absolute atomic E-state index is 13.2. The number of aryl methyl sites for hydroxylation is 1. The van der Waals surface area contributed by atoms with Gasteiger partial charge in [-0.05, 0) is 24.4 Å². The first kappa shape index (κ1) is 22.6. The Morgan fingerprint density at radius 1 is 1.03 bits per heavy atom. The minimum absolute atomic E-state index is 0.0739. The number of aromatic nitrogens is 1. The number of hydrogen-bond acceptors (Lipinski definition) is 8. The number of thiazole rings is 1. The fourth-order valence-corrected chi connectivity index (χ4v) is 5.63. The molecule has 7 nitrogen and oxygen atoms in total. The number of benzene rings is 1. The van der Waals surface area contributed by atoms with E-state index in [0.717, 1.165) is 39.8 Å². The minimum atomic E-state index is 0.0739. The predicted octanol–water partition coefficient (Wildman–Crippen LogP) is 4.16. The van der Waals surface area contributed by atoms with E-state index in [2.05, 4.69) is 15.3 Å². The molecule has 1 aliphatic heterocycles. The van der Waals surface area contributed by atoms with Gasteiger partial charge in [-0.3, -0.25) is 9.69 Å².